The molecule has 202 valence electrons. The molecule has 1 fully saturated rings. The number of hydrogen-bond donors (Lipinski definition) is 1. The van der Waals surface area contributed by atoms with Gasteiger partial charge >= 0.3 is 6.18 Å². The van der Waals surface area contributed by atoms with E-state index in [4.69, 9.17) is 4.74 Å². The molecule has 13 heteroatoms. The van der Waals surface area contributed by atoms with Crippen LogP contribution in [-0.2, 0) is 10.0 Å². The number of aromatic nitrogens is 2. The lowest BCUT2D eigenvalue weighted by molar-refractivity contribution is -0.192. The average Bonchev–Trinajstić information content (AvgIpc) is 2.88. The van der Waals surface area contributed by atoms with E-state index in [2.05, 4.69) is 14.7 Å². The molecule has 3 unspecified atom stereocenters. The van der Waals surface area contributed by atoms with Gasteiger partial charge in [-0.25, -0.2) is 31.9 Å². The summed E-state index contributed by atoms with van der Waals surface area (Å²) in [5, 5.41) is 0. The first-order valence-corrected chi connectivity index (χ1v) is 13.4. The van der Waals surface area contributed by atoms with Crippen LogP contribution >= 0.6 is 0 Å². The Balaban J connectivity index is 1.49. The Hall–Kier alpha value is -3.32. The van der Waals surface area contributed by atoms with E-state index < -0.39 is 50.7 Å². The molecule has 1 aromatic heterocycles. The van der Waals surface area contributed by atoms with Crippen LogP contribution in [0.15, 0.2) is 59.8 Å². The summed E-state index contributed by atoms with van der Waals surface area (Å²) in [5.41, 5.74) is 0.848. The van der Waals surface area contributed by atoms with Gasteiger partial charge in [0.1, 0.15) is 22.3 Å². The van der Waals surface area contributed by atoms with Crippen LogP contribution in [-0.4, -0.2) is 42.6 Å². The van der Waals surface area contributed by atoms with Crippen molar-refractivity contribution in [3.05, 3.63) is 77.6 Å². The molecule has 2 aliphatic heterocycles. The quantitative estimate of drug-likeness (QED) is 0.426. The van der Waals surface area contributed by atoms with Crippen LogP contribution in [0.2, 0.25) is 0 Å². The van der Waals surface area contributed by atoms with Crippen LogP contribution in [0, 0.1) is 17.6 Å². The number of benzene rings is 2. The second-order valence-corrected chi connectivity index (χ2v) is 10.9. The van der Waals surface area contributed by atoms with Gasteiger partial charge in [-0.1, -0.05) is 12.1 Å². The lowest BCUT2D eigenvalue weighted by Crippen LogP contribution is -2.44. The minimum atomic E-state index is -4.41. The van der Waals surface area contributed by atoms with Crippen molar-refractivity contribution in [2.45, 2.75) is 42.4 Å². The van der Waals surface area contributed by atoms with Crippen molar-refractivity contribution in [1.29, 1.82) is 0 Å². The van der Waals surface area contributed by atoms with Crippen LogP contribution < -0.4 is 9.46 Å². The lowest BCUT2D eigenvalue weighted by Gasteiger charge is -2.46. The highest BCUT2D eigenvalue weighted by Crippen LogP contribution is 2.48. The number of halogens is 5. The molecule has 0 bridgehead atoms. The number of nitrogens with zero attached hydrogens (tertiary/aromatic N) is 3. The topological polar surface area (TPSA) is 84.4 Å². The maximum atomic E-state index is 15.3. The van der Waals surface area contributed by atoms with Crippen LogP contribution in [0.25, 0.3) is 0 Å². The van der Waals surface area contributed by atoms with Crippen LogP contribution in [0.5, 0.6) is 5.75 Å². The molecule has 3 atom stereocenters. The second-order valence-electron chi connectivity index (χ2n) is 9.22. The first kappa shape index (κ1) is 26.3. The minimum absolute atomic E-state index is 0.0604. The molecule has 3 heterocycles. The number of sulfonamides is 1. The van der Waals surface area contributed by atoms with Gasteiger partial charge in [0.2, 0.25) is 5.95 Å². The molecule has 1 saturated heterocycles. The molecule has 0 amide bonds. The zero-order valence-electron chi connectivity index (χ0n) is 19.8. The summed E-state index contributed by atoms with van der Waals surface area (Å²) in [6.07, 6.45) is -1.78. The average molecular weight is 555 g/mol. The predicted octanol–water partition coefficient (Wildman–Crippen LogP) is 5.39. The molecule has 2 aromatic carbocycles. The molecule has 38 heavy (non-hydrogen) atoms. The maximum absolute atomic E-state index is 15.3. The fourth-order valence-electron chi connectivity index (χ4n) is 5.12. The second kappa shape index (κ2) is 10.1. The van der Waals surface area contributed by atoms with Gasteiger partial charge < -0.3 is 4.74 Å². The Morgan fingerprint density at radius 3 is 2.39 bits per heavy atom. The van der Waals surface area contributed by atoms with Crippen LogP contribution in [0.3, 0.4) is 0 Å². The molecule has 7 nitrogen and oxygen atoms in total. The van der Waals surface area contributed by atoms with Crippen molar-refractivity contribution in [3.63, 3.8) is 0 Å². The molecule has 2 aliphatic rings. The monoisotopic (exact) mass is 554 g/mol. The maximum Gasteiger partial charge on any atom is 0.391 e. The summed E-state index contributed by atoms with van der Waals surface area (Å²) in [4.78, 5) is 8.74. The lowest BCUT2D eigenvalue weighted by atomic mass is 9.84. The summed E-state index contributed by atoms with van der Waals surface area (Å²) in [5.74, 6) is -3.22. The van der Waals surface area contributed by atoms with Gasteiger partial charge in [-0.2, -0.15) is 13.2 Å². The highest BCUT2D eigenvalue weighted by atomic mass is 32.2. The Labute approximate surface area is 215 Å². The first-order valence-electron chi connectivity index (χ1n) is 11.9. The van der Waals surface area contributed by atoms with Crippen molar-refractivity contribution in [3.8, 4) is 5.75 Å². The van der Waals surface area contributed by atoms with Crippen molar-refractivity contribution in [1.82, 2.24) is 14.9 Å². The van der Waals surface area contributed by atoms with Gasteiger partial charge in [-0.3, -0.25) is 4.90 Å². The van der Waals surface area contributed by atoms with Crippen molar-refractivity contribution in [2.75, 3.05) is 17.9 Å². The molecule has 3 aromatic rings. The summed E-state index contributed by atoms with van der Waals surface area (Å²) >= 11 is 0. The van der Waals surface area contributed by atoms with E-state index in [0.29, 0.717) is 17.5 Å². The molecule has 0 aliphatic carbocycles. The number of anilines is 1. The van der Waals surface area contributed by atoms with Crippen LogP contribution in [0.1, 0.15) is 42.5 Å². The summed E-state index contributed by atoms with van der Waals surface area (Å²) in [6.45, 7) is 0.207. The molecule has 0 saturated carbocycles. The summed E-state index contributed by atoms with van der Waals surface area (Å²) in [7, 11) is -4.41. The van der Waals surface area contributed by atoms with E-state index in [0.717, 1.165) is 12.1 Å². The summed E-state index contributed by atoms with van der Waals surface area (Å²) < 4.78 is 103. The van der Waals surface area contributed by atoms with Gasteiger partial charge in [0.05, 0.1) is 12.5 Å². The van der Waals surface area contributed by atoms with E-state index in [9.17, 15) is 26.0 Å². The third kappa shape index (κ3) is 5.30. The Morgan fingerprint density at radius 1 is 1.00 bits per heavy atom. The van der Waals surface area contributed by atoms with Crippen molar-refractivity contribution < 1.29 is 35.1 Å². The van der Waals surface area contributed by atoms with Gasteiger partial charge in [0.25, 0.3) is 10.0 Å². The summed E-state index contributed by atoms with van der Waals surface area (Å²) in [6, 6.07) is 7.66. The molecule has 1 N–H and O–H groups in total. The Kier molecular flexibility index (Phi) is 6.99. The van der Waals surface area contributed by atoms with Gasteiger partial charge in [-0.15, -0.1) is 0 Å². The van der Waals surface area contributed by atoms with E-state index in [-0.39, 0.29) is 37.7 Å². The molecule has 5 rings (SSSR count). The third-order valence-electron chi connectivity index (χ3n) is 6.92. The normalized spacial score (nSPS) is 22.4. The highest BCUT2D eigenvalue weighted by Gasteiger charge is 2.46. The zero-order valence-corrected chi connectivity index (χ0v) is 20.6. The minimum Gasteiger partial charge on any atom is -0.493 e. The van der Waals surface area contributed by atoms with Gasteiger partial charge in [-0.05, 0) is 49.2 Å². The number of ether oxygens (including phenoxy) is 1. The number of rotatable bonds is 5. The molecule has 0 radical (unpaired) electrons. The van der Waals surface area contributed by atoms with E-state index >= 15 is 4.39 Å². The standard InChI is InChI=1S/C25H23F5N4O3S/c26-17-4-2-15(3-5-17)21-12-16(25(28,29)30)6-10-34(21)20-7-11-37-22-14-23(19(27)13-18(20)22)38(35,36)33-24-31-8-1-9-32-24/h1-5,8-9,13-14,16,20-21H,6-7,10-12H2,(H,31,32,33). The molecular formula is C25H23F5N4O3S. The van der Waals surface area contributed by atoms with Crippen molar-refractivity contribution in [2.24, 2.45) is 5.92 Å². The predicted molar refractivity (Wildman–Crippen MR) is 127 cm³/mol. The van der Waals surface area contributed by atoms with Crippen molar-refractivity contribution >= 4 is 16.0 Å². The van der Waals surface area contributed by atoms with Gasteiger partial charge in [0, 0.05) is 42.5 Å². The number of alkyl halides is 3. The largest absolute Gasteiger partial charge is 0.493 e. The number of nitrogens with one attached hydrogen (secondary N) is 1. The zero-order chi connectivity index (χ0) is 27.1. The number of piperidine rings is 1. The number of fused-ring (bicyclic) bond motifs is 1. The first-order chi connectivity index (χ1) is 18.0. The molecule has 0 spiro atoms. The highest BCUT2D eigenvalue weighted by molar-refractivity contribution is 7.92. The van der Waals surface area contributed by atoms with E-state index in [1.54, 1.807) is 0 Å². The Bertz CT molecular complexity index is 1400. The SMILES string of the molecule is O=S(=O)(Nc1ncccn1)c1cc2c(cc1F)C(N1CCC(C(F)(F)F)CC1c1ccc(F)cc1)CCO2. The fourth-order valence-corrected chi connectivity index (χ4v) is 6.15. The smallest absolute Gasteiger partial charge is 0.391 e. The Morgan fingerprint density at radius 2 is 1.71 bits per heavy atom. The van der Waals surface area contributed by atoms with E-state index in [1.807, 2.05) is 4.90 Å². The fraction of sp³-hybridized carbons (Fsp3) is 0.360. The third-order valence-corrected chi connectivity index (χ3v) is 8.26. The van der Waals surface area contributed by atoms with E-state index in [1.165, 1.54) is 42.7 Å². The number of hydrogen-bond acceptors (Lipinski definition) is 6. The van der Waals surface area contributed by atoms with Crippen LogP contribution in [0.4, 0.5) is 27.9 Å². The van der Waals surface area contributed by atoms with Gasteiger partial charge in [0.15, 0.2) is 0 Å². The number of likely N-dealkylation sites (tertiary alicyclic amines) is 1. The molecular weight excluding hydrogens is 531 g/mol.